The van der Waals surface area contributed by atoms with Crippen LogP contribution in [0.3, 0.4) is 0 Å². The van der Waals surface area contributed by atoms with Gasteiger partial charge in [0, 0.05) is 18.3 Å². The van der Waals surface area contributed by atoms with Crippen LogP contribution in [0, 0.1) is 11.3 Å². The number of imidazole rings is 1. The number of ketones is 1. The fraction of sp³-hybridized carbons (Fsp3) is 0.154. The summed E-state index contributed by atoms with van der Waals surface area (Å²) in [6.45, 7) is 0. The van der Waals surface area contributed by atoms with E-state index >= 15 is 0 Å². The Hall–Kier alpha value is -2.12. The zero-order valence-electron chi connectivity index (χ0n) is 9.67. The molecule has 0 radical (unpaired) electrons. The summed E-state index contributed by atoms with van der Waals surface area (Å²) in [7, 11) is 1.76. The largest absolute Gasteiger partial charge is 0.340 e. The van der Waals surface area contributed by atoms with E-state index in [1.54, 1.807) is 42.1 Å². The summed E-state index contributed by atoms with van der Waals surface area (Å²) in [6.07, 6.45) is 3.11. The van der Waals surface area contributed by atoms with Crippen molar-refractivity contribution in [3.8, 4) is 6.07 Å². The van der Waals surface area contributed by atoms with Gasteiger partial charge in [0.05, 0.1) is 12.4 Å². The average Bonchev–Trinajstić information content (AvgIpc) is 2.79. The number of aromatic nitrogens is 2. The lowest BCUT2D eigenvalue weighted by molar-refractivity contribution is 0.0974. The van der Waals surface area contributed by atoms with Crippen molar-refractivity contribution in [2.75, 3.05) is 0 Å². The highest BCUT2D eigenvalue weighted by molar-refractivity contribution is 6.31. The molecule has 1 unspecified atom stereocenters. The van der Waals surface area contributed by atoms with Crippen molar-refractivity contribution < 1.29 is 4.79 Å². The molecule has 0 aliphatic carbocycles. The molecule has 0 amide bonds. The molecule has 18 heavy (non-hydrogen) atoms. The molecule has 0 N–H and O–H groups in total. The van der Waals surface area contributed by atoms with Crippen LogP contribution in [0.4, 0.5) is 0 Å². The van der Waals surface area contributed by atoms with Crippen LogP contribution >= 0.6 is 11.6 Å². The first kappa shape index (κ1) is 12.3. The fourth-order valence-electron chi connectivity index (χ4n) is 1.67. The summed E-state index contributed by atoms with van der Waals surface area (Å²) >= 11 is 6.01. The van der Waals surface area contributed by atoms with Crippen molar-refractivity contribution in [3.63, 3.8) is 0 Å². The van der Waals surface area contributed by atoms with E-state index in [1.807, 2.05) is 6.07 Å². The standard InChI is InChI=1S/C13H10ClN3O/c1-17-7-12(16-8-17)13(18)10(6-15)9-4-2-3-5-11(9)14/h2-5,7-8,10H,1H3. The Kier molecular flexibility index (Phi) is 3.45. The fourth-order valence-corrected chi connectivity index (χ4v) is 1.91. The van der Waals surface area contributed by atoms with E-state index in [-0.39, 0.29) is 11.5 Å². The first-order valence-electron chi connectivity index (χ1n) is 5.29. The maximum absolute atomic E-state index is 12.2. The molecule has 0 bridgehead atoms. The topological polar surface area (TPSA) is 58.7 Å². The van der Waals surface area contributed by atoms with Crippen LogP contribution in [0.25, 0.3) is 0 Å². The molecule has 0 spiro atoms. The molecular formula is C13H10ClN3O. The number of Topliss-reactive ketones (excluding diaryl/α,β-unsaturated/α-hetero) is 1. The van der Waals surface area contributed by atoms with Crippen LogP contribution in [0.15, 0.2) is 36.8 Å². The Morgan fingerprint density at radius 1 is 1.50 bits per heavy atom. The second kappa shape index (κ2) is 5.03. The molecule has 2 aromatic rings. The molecule has 4 nitrogen and oxygen atoms in total. The van der Waals surface area contributed by atoms with Crippen LogP contribution in [0.2, 0.25) is 5.02 Å². The first-order valence-corrected chi connectivity index (χ1v) is 5.67. The van der Waals surface area contributed by atoms with Gasteiger partial charge >= 0.3 is 0 Å². The summed E-state index contributed by atoms with van der Waals surface area (Å²) in [5, 5.41) is 9.59. The van der Waals surface area contributed by atoms with Gasteiger partial charge in [0.15, 0.2) is 0 Å². The van der Waals surface area contributed by atoms with Gasteiger partial charge in [-0.3, -0.25) is 4.79 Å². The highest BCUT2D eigenvalue weighted by Gasteiger charge is 2.25. The van der Waals surface area contributed by atoms with Gasteiger partial charge in [0.25, 0.3) is 0 Å². The second-order valence-corrected chi connectivity index (χ2v) is 4.28. The van der Waals surface area contributed by atoms with Crippen molar-refractivity contribution in [2.45, 2.75) is 5.92 Å². The summed E-state index contributed by atoms with van der Waals surface area (Å²) in [4.78, 5) is 16.1. The smallest absolute Gasteiger partial charge is 0.204 e. The maximum Gasteiger partial charge on any atom is 0.204 e. The minimum absolute atomic E-state index is 0.268. The molecule has 0 aliphatic rings. The van der Waals surface area contributed by atoms with E-state index in [4.69, 9.17) is 11.6 Å². The quantitative estimate of drug-likeness (QED) is 0.796. The predicted molar refractivity (Wildman–Crippen MR) is 67.3 cm³/mol. The zero-order chi connectivity index (χ0) is 13.1. The zero-order valence-corrected chi connectivity index (χ0v) is 10.4. The Morgan fingerprint density at radius 3 is 2.78 bits per heavy atom. The van der Waals surface area contributed by atoms with E-state index in [2.05, 4.69) is 4.98 Å². The Bertz CT molecular complexity index is 627. The van der Waals surface area contributed by atoms with Gasteiger partial charge < -0.3 is 4.57 Å². The Balaban J connectivity index is 2.39. The number of nitriles is 1. The molecule has 1 aromatic heterocycles. The van der Waals surface area contributed by atoms with Crippen LogP contribution in [-0.2, 0) is 7.05 Å². The highest BCUT2D eigenvalue weighted by Crippen LogP contribution is 2.26. The third-order valence-electron chi connectivity index (χ3n) is 2.56. The van der Waals surface area contributed by atoms with Crippen LogP contribution in [0.1, 0.15) is 22.0 Å². The number of rotatable bonds is 3. The maximum atomic E-state index is 12.2. The lowest BCUT2D eigenvalue weighted by atomic mass is 9.94. The van der Waals surface area contributed by atoms with Crippen molar-refractivity contribution in [1.82, 2.24) is 9.55 Å². The summed E-state index contributed by atoms with van der Waals surface area (Å²) in [5.74, 6) is -1.26. The molecule has 1 heterocycles. The Labute approximate surface area is 109 Å². The SMILES string of the molecule is Cn1cnc(C(=O)C(C#N)c2ccccc2Cl)c1. The number of carbonyl (C=O) groups is 1. The van der Waals surface area contributed by atoms with E-state index in [9.17, 15) is 10.1 Å². The van der Waals surface area contributed by atoms with Gasteiger partial charge in [0.1, 0.15) is 11.6 Å². The highest BCUT2D eigenvalue weighted by atomic mass is 35.5. The normalized spacial score (nSPS) is 11.8. The van der Waals surface area contributed by atoms with Gasteiger partial charge in [-0.1, -0.05) is 29.8 Å². The van der Waals surface area contributed by atoms with Gasteiger partial charge in [-0.15, -0.1) is 0 Å². The summed E-state index contributed by atoms with van der Waals surface area (Å²) in [5.41, 5.74) is 0.779. The molecule has 0 saturated carbocycles. The van der Waals surface area contributed by atoms with Gasteiger partial charge in [-0.25, -0.2) is 4.98 Å². The van der Waals surface area contributed by atoms with Gasteiger partial charge in [0.2, 0.25) is 5.78 Å². The Morgan fingerprint density at radius 2 is 2.22 bits per heavy atom. The van der Waals surface area contributed by atoms with E-state index in [0.717, 1.165) is 0 Å². The minimum Gasteiger partial charge on any atom is -0.340 e. The molecule has 1 atom stereocenters. The summed E-state index contributed by atoms with van der Waals surface area (Å²) in [6, 6.07) is 8.82. The third-order valence-corrected chi connectivity index (χ3v) is 2.91. The van der Waals surface area contributed by atoms with E-state index in [0.29, 0.717) is 10.6 Å². The number of hydrogen-bond donors (Lipinski definition) is 0. The monoisotopic (exact) mass is 259 g/mol. The third kappa shape index (κ3) is 2.27. The average molecular weight is 260 g/mol. The molecule has 1 aromatic carbocycles. The van der Waals surface area contributed by atoms with Gasteiger partial charge in [-0.2, -0.15) is 5.26 Å². The van der Waals surface area contributed by atoms with Crippen molar-refractivity contribution in [3.05, 3.63) is 53.1 Å². The van der Waals surface area contributed by atoms with E-state index in [1.165, 1.54) is 6.33 Å². The number of nitrogens with zero attached hydrogens (tertiary/aromatic N) is 3. The van der Waals surface area contributed by atoms with Crippen LogP contribution in [-0.4, -0.2) is 15.3 Å². The molecular weight excluding hydrogens is 250 g/mol. The number of aryl methyl sites for hydroxylation is 1. The van der Waals surface area contributed by atoms with Crippen molar-refractivity contribution >= 4 is 17.4 Å². The number of halogens is 1. The lowest BCUT2D eigenvalue weighted by Gasteiger charge is -2.08. The van der Waals surface area contributed by atoms with Crippen molar-refractivity contribution in [2.24, 2.45) is 7.05 Å². The molecule has 0 saturated heterocycles. The molecule has 0 aliphatic heterocycles. The second-order valence-electron chi connectivity index (χ2n) is 3.87. The first-order chi connectivity index (χ1) is 8.63. The molecule has 90 valence electrons. The van der Waals surface area contributed by atoms with Gasteiger partial charge in [-0.05, 0) is 11.6 Å². The van der Waals surface area contributed by atoms with Crippen molar-refractivity contribution in [1.29, 1.82) is 5.26 Å². The molecule has 0 fully saturated rings. The summed E-state index contributed by atoms with van der Waals surface area (Å²) < 4.78 is 1.66. The number of benzene rings is 1. The number of carbonyl (C=O) groups excluding carboxylic acids is 1. The predicted octanol–water partition coefficient (Wildman–Crippen LogP) is 2.56. The molecule has 5 heteroatoms. The minimum atomic E-state index is -0.923. The van der Waals surface area contributed by atoms with Crippen LogP contribution < -0.4 is 0 Å². The molecule has 2 rings (SSSR count). The lowest BCUT2D eigenvalue weighted by Crippen LogP contribution is -2.12. The number of hydrogen-bond acceptors (Lipinski definition) is 3. The van der Waals surface area contributed by atoms with Crippen LogP contribution in [0.5, 0.6) is 0 Å². The van der Waals surface area contributed by atoms with E-state index < -0.39 is 5.92 Å².